The molecular weight excluding hydrogens is 307 g/mol. The molecule has 120 valence electrons. The van der Waals surface area contributed by atoms with E-state index < -0.39 is 18.2 Å². The highest BCUT2D eigenvalue weighted by atomic mass is 32.1. The monoisotopic (exact) mass is 325 g/mol. The largest absolute Gasteiger partial charge is 0.465 e. The van der Waals surface area contributed by atoms with Crippen LogP contribution in [-0.2, 0) is 26.1 Å². The van der Waals surface area contributed by atoms with Crippen LogP contribution in [0.3, 0.4) is 0 Å². The number of carbonyl (C=O) groups excluding carboxylic acids is 1. The molecule has 0 radical (unpaired) electrons. The van der Waals surface area contributed by atoms with Gasteiger partial charge in [0.2, 0.25) is 0 Å². The Balaban J connectivity index is 2.55. The van der Waals surface area contributed by atoms with E-state index >= 15 is 0 Å². The Bertz CT molecular complexity index is 471. The zero-order chi connectivity index (χ0) is 16.1. The molecule has 1 heterocycles. The van der Waals surface area contributed by atoms with Gasteiger partial charge in [-0.1, -0.05) is 0 Å². The summed E-state index contributed by atoms with van der Waals surface area (Å²) in [4.78, 5) is 16.1. The molecule has 0 spiro atoms. The number of alkyl halides is 3. The Hall–Kier alpha value is -1.15. The van der Waals surface area contributed by atoms with E-state index in [1.807, 2.05) is 0 Å². The molecular formula is C13H18F3NO3S. The van der Waals surface area contributed by atoms with E-state index in [1.165, 1.54) is 11.3 Å². The minimum Gasteiger partial charge on any atom is -0.465 e. The molecule has 4 nitrogen and oxygen atoms in total. The summed E-state index contributed by atoms with van der Waals surface area (Å²) in [7, 11) is 0. The Morgan fingerprint density at radius 3 is 2.62 bits per heavy atom. The van der Waals surface area contributed by atoms with Crippen molar-refractivity contribution in [3.8, 4) is 0 Å². The van der Waals surface area contributed by atoms with Gasteiger partial charge in [-0.2, -0.15) is 13.2 Å². The maximum absolute atomic E-state index is 11.9. The van der Waals surface area contributed by atoms with Gasteiger partial charge >= 0.3 is 12.1 Å². The van der Waals surface area contributed by atoms with E-state index in [0.29, 0.717) is 10.7 Å². The van der Waals surface area contributed by atoms with Crippen molar-refractivity contribution in [2.24, 2.45) is 0 Å². The van der Waals surface area contributed by atoms with Crippen molar-refractivity contribution in [3.05, 3.63) is 16.1 Å². The molecule has 0 atom stereocenters. The highest BCUT2D eigenvalue weighted by Gasteiger charge is 2.34. The van der Waals surface area contributed by atoms with E-state index in [1.54, 1.807) is 26.2 Å². The fourth-order valence-electron chi connectivity index (χ4n) is 1.48. The molecule has 1 aromatic heterocycles. The SMILES string of the molecule is CCOC(=O)C(C)(C)c1csc(CCOCC(F)(F)F)n1. The maximum Gasteiger partial charge on any atom is 0.411 e. The van der Waals surface area contributed by atoms with Gasteiger partial charge in [-0.3, -0.25) is 4.79 Å². The third-order valence-corrected chi connectivity index (χ3v) is 3.61. The predicted octanol–water partition coefficient (Wildman–Crippen LogP) is 3.11. The highest BCUT2D eigenvalue weighted by molar-refractivity contribution is 7.09. The van der Waals surface area contributed by atoms with Crippen LogP contribution in [0.5, 0.6) is 0 Å². The molecule has 21 heavy (non-hydrogen) atoms. The number of rotatable bonds is 7. The summed E-state index contributed by atoms with van der Waals surface area (Å²) in [5, 5.41) is 2.35. The molecule has 0 bridgehead atoms. The van der Waals surface area contributed by atoms with Gasteiger partial charge in [0, 0.05) is 11.8 Å². The molecule has 8 heteroatoms. The fourth-order valence-corrected chi connectivity index (χ4v) is 2.42. The van der Waals surface area contributed by atoms with Gasteiger partial charge < -0.3 is 9.47 Å². The summed E-state index contributed by atoms with van der Waals surface area (Å²) in [5.41, 5.74) is -0.325. The molecule has 0 aliphatic heterocycles. The van der Waals surface area contributed by atoms with E-state index in [-0.39, 0.29) is 25.6 Å². The first-order chi connectivity index (χ1) is 9.66. The molecule has 1 aromatic rings. The highest BCUT2D eigenvalue weighted by Crippen LogP contribution is 2.26. The molecule has 0 fully saturated rings. The van der Waals surface area contributed by atoms with Crippen LogP contribution in [0.4, 0.5) is 13.2 Å². The van der Waals surface area contributed by atoms with Crippen molar-refractivity contribution in [2.45, 2.75) is 38.8 Å². The van der Waals surface area contributed by atoms with Crippen molar-refractivity contribution in [2.75, 3.05) is 19.8 Å². The van der Waals surface area contributed by atoms with Crippen LogP contribution in [0.25, 0.3) is 0 Å². The fraction of sp³-hybridized carbons (Fsp3) is 0.692. The minimum absolute atomic E-state index is 0.0632. The van der Waals surface area contributed by atoms with Crippen LogP contribution >= 0.6 is 11.3 Å². The summed E-state index contributed by atoms with van der Waals surface area (Å²) >= 11 is 1.29. The van der Waals surface area contributed by atoms with Crippen LogP contribution in [-0.4, -0.2) is 37.0 Å². The van der Waals surface area contributed by atoms with E-state index in [2.05, 4.69) is 9.72 Å². The number of halogens is 3. The first kappa shape index (κ1) is 17.9. The number of hydrogen-bond acceptors (Lipinski definition) is 5. The van der Waals surface area contributed by atoms with Gasteiger partial charge in [0.15, 0.2) is 0 Å². The van der Waals surface area contributed by atoms with Gasteiger partial charge in [-0.25, -0.2) is 4.98 Å². The van der Waals surface area contributed by atoms with Gasteiger partial charge in [0.25, 0.3) is 0 Å². The predicted molar refractivity (Wildman–Crippen MR) is 72.4 cm³/mol. The van der Waals surface area contributed by atoms with E-state index in [4.69, 9.17) is 4.74 Å². The molecule has 0 saturated heterocycles. The van der Waals surface area contributed by atoms with Gasteiger partial charge in [0.1, 0.15) is 12.0 Å². The van der Waals surface area contributed by atoms with Crippen LogP contribution in [0.15, 0.2) is 5.38 Å². The van der Waals surface area contributed by atoms with Crippen LogP contribution in [0.1, 0.15) is 31.5 Å². The average Bonchev–Trinajstić information content (AvgIpc) is 2.83. The van der Waals surface area contributed by atoms with Gasteiger partial charge in [-0.05, 0) is 20.8 Å². The van der Waals surface area contributed by atoms with E-state index in [0.717, 1.165) is 0 Å². The second-order valence-corrected chi connectivity index (χ2v) is 5.83. The smallest absolute Gasteiger partial charge is 0.411 e. The van der Waals surface area contributed by atoms with Gasteiger partial charge in [-0.15, -0.1) is 11.3 Å². The molecule has 0 N–H and O–H groups in total. The summed E-state index contributed by atoms with van der Waals surface area (Å²) < 4.78 is 45.3. The van der Waals surface area contributed by atoms with E-state index in [9.17, 15) is 18.0 Å². The lowest BCUT2D eigenvalue weighted by atomic mass is 9.90. The Morgan fingerprint density at radius 2 is 2.05 bits per heavy atom. The minimum atomic E-state index is -4.32. The van der Waals surface area contributed by atoms with Gasteiger partial charge in [0.05, 0.1) is 23.9 Å². The molecule has 0 amide bonds. The lowest BCUT2D eigenvalue weighted by molar-refractivity contribution is -0.173. The van der Waals surface area contributed by atoms with Crippen LogP contribution in [0.2, 0.25) is 0 Å². The quantitative estimate of drug-likeness (QED) is 0.571. The van der Waals surface area contributed by atoms with Crippen molar-refractivity contribution >= 4 is 17.3 Å². The summed E-state index contributed by atoms with van der Waals surface area (Å²) in [6.07, 6.45) is -4.04. The Labute approximate surface area is 125 Å². The molecule has 1 rings (SSSR count). The molecule has 0 aromatic carbocycles. The standard InChI is InChI=1S/C13H18F3NO3S/c1-4-20-11(18)12(2,3)9-7-21-10(17-9)5-6-19-8-13(14,15)16/h7H,4-6,8H2,1-3H3. The topological polar surface area (TPSA) is 48.4 Å². The van der Waals surface area contributed by atoms with Crippen molar-refractivity contribution in [3.63, 3.8) is 0 Å². The Kier molecular flexibility index (Phi) is 6.15. The number of ether oxygens (including phenoxy) is 2. The van der Waals surface area contributed by atoms with Crippen molar-refractivity contribution < 1.29 is 27.4 Å². The molecule has 0 saturated carbocycles. The number of hydrogen-bond donors (Lipinski definition) is 0. The second-order valence-electron chi connectivity index (χ2n) is 4.89. The first-order valence-electron chi connectivity index (χ1n) is 6.43. The summed E-state index contributed by atoms with van der Waals surface area (Å²) in [6, 6.07) is 0. The number of carbonyl (C=O) groups is 1. The molecule has 0 unspecified atom stereocenters. The number of aromatic nitrogens is 1. The van der Waals surface area contributed by atoms with Crippen molar-refractivity contribution in [1.29, 1.82) is 0 Å². The zero-order valence-corrected chi connectivity index (χ0v) is 12.9. The maximum atomic E-state index is 11.9. The number of nitrogens with zero attached hydrogens (tertiary/aromatic N) is 1. The molecule has 0 aliphatic rings. The number of esters is 1. The Morgan fingerprint density at radius 1 is 1.38 bits per heavy atom. The van der Waals surface area contributed by atoms with Crippen LogP contribution < -0.4 is 0 Å². The van der Waals surface area contributed by atoms with Crippen molar-refractivity contribution in [1.82, 2.24) is 4.98 Å². The lowest BCUT2D eigenvalue weighted by Crippen LogP contribution is -2.31. The first-order valence-corrected chi connectivity index (χ1v) is 7.31. The molecule has 0 aliphatic carbocycles. The third kappa shape index (κ3) is 5.62. The second kappa shape index (κ2) is 7.22. The average molecular weight is 325 g/mol. The number of thiazole rings is 1. The summed E-state index contributed by atoms with van der Waals surface area (Å²) in [6.45, 7) is 4.07. The lowest BCUT2D eigenvalue weighted by Gasteiger charge is -2.19. The third-order valence-electron chi connectivity index (χ3n) is 2.70. The van der Waals surface area contributed by atoms with Crippen LogP contribution in [0, 0.1) is 0 Å². The normalized spacial score (nSPS) is 12.5. The zero-order valence-electron chi connectivity index (χ0n) is 12.1. The summed E-state index contributed by atoms with van der Waals surface area (Å²) in [5.74, 6) is -0.379.